The van der Waals surface area contributed by atoms with Crippen molar-refractivity contribution in [3.8, 4) is 0 Å². The number of hydrogen-bond acceptors (Lipinski definition) is 4. The van der Waals surface area contributed by atoms with E-state index in [4.69, 9.17) is 9.79 Å². The second-order valence-electron chi connectivity index (χ2n) is 16.9. The van der Waals surface area contributed by atoms with Gasteiger partial charge in [0.25, 0.3) is 0 Å². The molecular weight excluding hydrogens is 774 g/mol. The molecular formula is C50H84O7P2. The van der Waals surface area contributed by atoms with E-state index in [1.54, 1.807) is 6.08 Å². The lowest BCUT2D eigenvalue weighted by Gasteiger charge is -2.11. The van der Waals surface area contributed by atoms with Gasteiger partial charge in [0.2, 0.25) is 0 Å². The number of hydrogen-bond donors (Lipinski definition) is 3. The van der Waals surface area contributed by atoms with E-state index in [9.17, 15) is 14.0 Å². The van der Waals surface area contributed by atoms with Gasteiger partial charge in [-0.15, -0.1) is 0 Å². The molecule has 0 radical (unpaired) electrons. The summed E-state index contributed by atoms with van der Waals surface area (Å²) in [6.07, 6.45) is 42.5. The van der Waals surface area contributed by atoms with Crippen molar-refractivity contribution in [1.82, 2.24) is 0 Å². The van der Waals surface area contributed by atoms with E-state index in [0.29, 0.717) is 0 Å². The molecule has 3 N–H and O–H groups in total. The van der Waals surface area contributed by atoms with Crippen molar-refractivity contribution in [3.63, 3.8) is 0 Å². The summed E-state index contributed by atoms with van der Waals surface area (Å²) in [6.45, 7) is 23.9. The van der Waals surface area contributed by atoms with Gasteiger partial charge in [-0.3, -0.25) is 4.52 Å². The molecule has 1 unspecified atom stereocenters. The van der Waals surface area contributed by atoms with Gasteiger partial charge in [-0.2, -0.15) is 4.31 Å². The Bertz CT molecular complexity index is 1640. The van der Waals surface area contributed by atoms with Gasteiger partial charge in [0.1, 0.15) is 0 Å². The third-order valence-electron chi connectivity index (χ3n) is 10.2. The van der Waals surface area contributed by atoms with Crippen LogP contribution in [0.2, 0.25) is 0 Å². The van der Waals surface area contributed by atoms with Crippen LogP contribution in [0.5, 0.6) is 0 Å². The monoisotopic (exact) mass is 859 g/mol. The minimum atomic E-state index is -5.11. The summed E-state index contributed by atoms with van der Waals surface area (Å²) in [7, 11) is -9.91. The van der Waals surface area contributed by atoms with Crippen molar-refractivity contribution < 1.29 is 32.6 Å². The van der Waals surface area contributed by atoms with Gasteiger partial charge >= 0.3 is 15.6 Å². The molecule has 0 aromatic carbocycles. The SMILES string of the molecule is CC(C)=CCC/C(C)=C/CC/C(C)=C/CC/C(C)=C/CC/C(C)=C/CC/C(C)=C/CC/C(C)=C/CC/C(C)=C/CC/C(C)=C/CC/C(C)=C/COP(=O)(O)OP(=O)(O)O. The first-order chi connectivity index (χ1) is 27.7. The zero-order valence-corrected chi connectivity index (χ0v) is 40.9. The van der Waals surface area contributed by atoms with E-state index < -0.39 is 15.6 Å². The standard InChI is InChI=1S/C50H84O7P2/c1-41(2)21-12-22-42(3)23-13-24-43(4)25-14-26-44(5)27-15-28-45(6)29-16-30-46(7)31-17-32-47(8)33-18-34-48(9)35-19-36-49(10)37-20-38-50(11)39-40-56-59(54,55)57-58(51,52)53/h21,23,25,27,29,31,33,35,37,39H,12-20,22,24,26,28,30,32,34,36,38,40H2,1-11H3,(H,54,55)(H2,51,52,53)/b42-23+,43-25+,44-27+,45-29+,46-31+,47-33+,48-35+,49-37+,50-39+. The molecule has 0 aliphatic rings. The number of phosphoric acid groups is 2. The third-order valence-corrected chi connectivity index (χ3v) is 12.4. The van der Waals surface area contributed by atoms with Gasteiger partial charge in [0, 0.05) is 0 Å². The summed E-state index contributed by atoms with van der Waals surface area (Å²) < 4.78 is 30.6. The molecule has 0 saturated heterocycles. The maximum Gasteiger partial charge on any atom is 0.481 e. The molecule has 0 aliphatic carbocycles. The Morgan fingerprint density at radius 2 is 0.559 bits per heavy atom. The molecule has 0 saturated carbocycles. The molecule has 7 nitrogen and oxygen atoms in total. The Morgan fingerprint density at radius 1 is 0.356 bits per heavy atom. The van der Waals surface area contributed by atoms with Crippen molar-refractivity contribution in [2.45, 2.75) is 192 Å². The van der Waals surface area contributed by atoms with Crippen LogP contribution >= 0.6 is 15.6 Å². The topological polar surface area (TPSA) is 113 Å². The van der Waals surface area contributed by atoms with Crippen LogP contribution in [0.4, 0.5) is 0 Å². The lowest BCUT2D eigenvalue weighted by atomic mass is 10.0. The van der Waals surface area contributed by atoms with Crippen LogP contribution < -0.4 is 0 Å². The molecule has 9 heteroatoms. The van der Waals surface area contributed by atoms with E-state index in [-0.39, 0.29) is 6.61 Å². The van der Waals surface area contributed by atoms with Crippen LogP contribution in [0, 0.1) is 0 Å². The maximum absolute atomic E-state index is 11.5. The average Bonchev–Trinajstić information content (AvgIpc) is 3.10. The molecule has 1 atom stereocenters. The van der Waals surface area contributed by atoms with Crippen molar-refractivity contribution in [1.29, 1.82) is 0 Å². The molecule has 0 aliphatic heterocycles. The highest BCUT2D eigenvalue weighted by atomic mass is 31.3. The van der Waals surface area contributed by atoms with E-state index in [2.05, 4.69) is 133 Å². The summed E-state index contributed by atoms with van der Waals surface area (Å²) in [5.74, 6) is 0. The van der Waals surface area contributed by atoms with Crippen LogP contribution in [-0.4, -0.2) is 21.3 Å². The quantitative estimate of drug-likeness (QED) is 0.0456. The maximum atomic E-state index is 11.5. The number of allylic oxidation sites excluding steroid dienone is 19. The lowest BCUT2D eigenvalue weighted by molar-refractivity contribution is 0.191. The second-order valence-corrected chi connectivity index (χ2v) is 19.8. The number of rotatable bonds is 32. The van der Waals surface area contributed by atoms with E-state index >= 15 is 0 Å². The third kappa shape index (κ3) is 38.3. The van der Waals surface area contributed by atoms with E-state index in [0.717, 1.165) is 108 Å². The average molecular weight is 859 g/mol. The fraction of sp³-hybridized carbons (Fsp3) is 0.600. The minimum absolute atomic E-state index is 0.273. The van der Waals surface area contributed by atoms with Crippen LogP contribution in [-0.2, 0) is 18.0 Å². The van der Waals surface area contributed by atoms with Gasteiger partial charge in [-0.1, -0.05) is 116 Å². The Hall–Kier alpha value is -2.34. The van der Waals surface area contributed by atoms with Crippen molar-refractivity contribution in [3.05, 3.63) is 116 Å². The van der Waals surface area contributed by atoms with E-state index in [1.807, 2.05) is 6.92 Å². The van der Waals surface area contributed by atoms with Crippen LogP contribution in [0.3, 0.4) is 0 Å². The number of phosphoric ester groups is 1. The lowest BCUT2D eigenvalue weighted by Crippen LogP contribution is -1.94. The predicted octanol–water partition coefficient (Wildman–Crippen LogP) is 16.7. The summed E-state index contributed by atoms with van der Waals surface area (Å²) in [5, 5.41) is 0. The molecule has 0 amide bonds. The van der Waals surface area contributed by atoms with Gasteiger partial charge in [-0.05, 0) is 192 Å². The Morgan fingerprint density at radius 3 is 0.763 bits per heavy atom. The first-order valence-electron chi connectivity index (χ1n) is 22.0. The zero-order chi connectivity index (χ0) is 44.7. The largest absolute Gasteiger partial charge is 0.481 e. The normalized spacial score (nSPS) is 15.9. The molecule has 0 spiro atoms. The molecule has 336 valence electrons. The summed E-state index contributed by atoms with van der Waals surface area (Å²) in [5.41, 5.74) is 14.1. The van der Waals surface area contributed by atoms with Crippen LogP contribution in [0.1, 0.15) is 192 Å². The molecule has 0 rings (SSSR count). The Balaban J connectivity index is 4.30. The van der Waals surface area contributed by atoms with Crippen molar-refractivity contribution >= 4 is 15.6 Å². The van der Waals surface area contributed by atoms with Gasteiger partial charge < -0.3 is 14.7 Å². The molecule has 0 aromatic heterocycles. The summed E-state index contributed by atoms with van der Waals surface area (Å²) in [6, 6.07) is 0. The highest BCUT2D eigenvalue weighted by Gasteiger charge is 2.31. The molecule has 59 heavy (non-hydrogen) atoms. The first-order valence-corrected chi connectivity index (χ1v) is 25.0. The van der Waals surface area contributed by atoms with Crippen molar-refractivity contribution in [2.24, 2.45) is 0 Å². The summed E-state index contributed by atoms with van der Waals surface area (Å²) >= 11 is 0. The molecule has 0 fully saturated rings. The smallest absolute Gasteiger partial charge is 0.302 e. The highest BCUT2D eigenvalue weighted by molar-refractivity contribution is 7.60. The Kier molecular flexibility index (Phi) is 32.0. The van der Waals surface area contributed by atoms with Gasteiger partial charge in [-0.25, -0.2) is 9.13 Å². The summed E-state index contributed by atoms with van der Waals surface area (Å²) in [4.78, 5) is 26.6. The first kappa shape index (κ1) is 56.7. The molecule has 0 heterocycles. The fourth-order valence-corrected chi connectivity index (χ4v) is 7.84. The van der Waals surface area contributed by atoms with Crippen LogP contribution in [0.15, 0.2) is 116 Å². The molecule has 0 aromatic rings. The molecule has 0 bridgehead atoms. The highest BCUT2D eigenvalue weighted by Crippen LogP contribution is 2.57. The van der Waals surface area contributed by atoms with E-state index in [1.165, 1.54) is 63.0 Å². The van der Waals surface area contributed by atoms with Crippen molar-refractivity contribution in [2.75, 3.05) is 6.61 Å². The van der Waals surface area contributed by atoms with Crippen LogP contribution in [0.25, 0.3) is 0 Å². The fourth-order valence-electron chi connectivity index (χ4n) is 6.31. The van der Waals surface area contributed by atoms with Gasteiger partial charge in [0.05, 0.1) is 6.61 Å². The zero-order valence-electron chi connectivity index (χ0n) is 39.1. The second kappa shape index (κ2) is 33.3. The van der Waals surface area contributed by atoms with Gasteiger partial charge in [0.15, 0.2) is 0 Å². The Labute approximate surface area is 361 Å². The predicted molar refractivity (Wildman–Crippen MR) is 255 cm³/mol. The minimum Gasteiger partial charge on any atom is -0.302 e.